The highest BCUT2D eigenvalue weighted by Gasteiger charge is 2.19. The zero-order valence-electron chi connectivity index (χ0n) is 17.4. The predicted molar refractivity (Wildman–Crippen MR) is 113 cm³/mol. The summed E-state index contributed by atoms with van der Waals surface area (Å²) in [5, 5.41) is 2.80. The lowest BCUT2D eigenvalue weighted by molar-refractivity contribution is -0.132. The summed E-state index contributed by atoms with van der Waals surface area (Å²) in [7, 11) is -2.36. The molecule has 0 radical (unpaired) electrons. The molecular formula is C21H27N3O4S. The summed E-state index contributed by atoms with van der Waals surface area (Å²) >= 11 is 0. The molecule has 0 saturated carbocycles. The average molecular weight is 418 g/mol. The second kappa shape index (κ2) is 9.19. The number of carbonyl (C=O) groups is 2. The van der Waals surface area contributed by atoms with Gasteiger partial charge in [0.25, 0.3) is 0 Å². The lowest BCUT2D eigenvalue weighted by Gasteiger charge is -2.18. The van der Waals surface area contributed by atoms with E-state index >= 15 is 0 Å². The van der Waals surface area contributed by atoms with Crippen molar-refractivity contribution in [3.05, 3.63) is 58.7 Å². The van der Waals surface area contributed by atoms with Crippen LogP contribution in [0.1, 0.15) is 22.3 Å². The number of sulfonamides is 1. The van der Waals surface area contributed by atoms with E-state index in [1.807, 2.05) is 45.9 Å². The normalized spacial score (nSPS) is 11.2. The number of nitrogens with one attached hydrogen (secondary N) is 2. The van der Waals surface area contributed by atoms with Gasteiger partial charge in [0.1, 0.15) is 0 Å². The maximum atomic E-state index is 12.4. The highest BCUT2D eigenvalue weighted by molar-refractivity contribution is 7.89. The molecule has 0 aliphatic heterocycles. The zero-order valence-corrected chi connectivity index (χ0v) is 18.2. The maximum absolute atomic E-state index is 12.4. The third kappa shape index (κ3) is 5.88. The third-order valence-corrected chi connectivity index (χ3v) is 6.15. The van der Waals surface area contributed by atoms with E-state index in [4.69, 9.17) is 0 Å². The van der Waals surface area contributed by atoms with E-state index in [2.05, 4.69) is 10.0 Å². The monoisotopic (exact) mass is 417 g/mol. The SMILES string of the molecule is Cc1ccc(S(=O)(=O)NCC(=O)N(C)CC(=O)Nc2c(C)cccc2C)cc1C. The van der Waals surface area contributed by atoms with Crippen LogP contribution in [0.4, 0.5) is 5.69 Å². The van der Waals surface area contributed by atoms with Crippen LogP contribution < -0.4 is 10.0 Å². The summed E-state index contributed by atoms with van der Waals surface area (Å²) < 4.78 is 27.1. The molecule has 0 spiro atoms. The van der Waals surface area contributed by atoms with E-state index in [9.17, 15) is 18.0 Å². The lowest BCUT2D eigenvalue weighted by Crippen LogP contribution is -2.41. The molecule has 0 fully saturated rings. The van der Waals surface area contributed by atoms with E-state index < -0.39 is 22.5 Å². The van der Waals surface area contributed by atoms with Gasteiger partial charge in [-0.1, -0.05) is 24.3 Å². The van der Waals surface area contributed by atoms with Crippen molar-refractivity contribution in [3.63, 3.8) is 0 Å². The van der Waals surface area contributed by atoms with Crippen molar-refractivity contribution in [2.75, 3.05) is 25.5 Å². The molecule has 0 bridgehead atoms. The number of para-hydroxylation sites is 1. The minimum atomic E-state index is -3.81. The Bertz CT molecular complexity index is 1010. The van der Waals surface area contributed by atoms with E-state index in [0.29, 0.717) is 5.69 Å². The fraction of sp³-hybridized carbons (Fsp3) is 0.333. The number of anilines is 1. The van der Waals surface area contributed by atoms with Gasteiger partial charge in [-0.2, -0.15) is 0 Å². The molecule has 2 aromatic carbocycles. The van der Waals surface area contributed by atoms with Crippen molar-refractivity contribution in [1.29, 1.82) is 0 Å². The Morgan fingerprint density at radius 1 is 0.931 bits per heavy atom. The molecule has 0 aromatic heterocycles. The summed E-state index contributed by atoms with van der Waals surface area (Å²) in [5.41, 5.74) is 4.39. The average Bonchev–Trinajstić information content (AvgIpc) is 2.65. The molecule has 2 amide bonds. The number of amides is 2. The maximum Gasteiger partial charge on any atom is 0.243 e. The van der Waals surface area contributed by atoms with E-state index in [0.717, 1.165) is 22.3 Å². The molecule has 7 nitrogen and oxygen atoms in total. The molecule has 0 heterocycles. The van der Waals surface area contributed by atoms with Gasteiger partial charge in [0, 0.05) is 12.7 Å². The van der Waals surface area contributed by atoms with Gasteiger partial charge in [-0.05, 0) is 62.1 Å². The molecule has 2 aromatic rings. The van der Waals surface area contributed by atoms with Crippen LogP contribution in [-0.2, 0) is 19.6 Å². The number of benzene rings is 2. The number of rotatable bonds is 7. The van der Waals surface area contributed by atoms with Crippen molar-refractivity contribution < 1.29 is 18.0 Å². The van der Waals surface area contributed by atoms with Crippen molar-refractivity contribution in [2.24, 2.45) is 0 Å². The standard InChI is InChI=1S/C21H27N3O4S/c1-14-9-10-18(11-17(14)4)29(27,28)22-12-20(26)24(5)13-19(25)23-21-15(2)7-6-8-16(21)3/h6-11,22H,12-13H2,1-5H3,(H,23,25). The highest BCUT2D eigenvalue weighted by atomic mass is 32.2. The third-order valence-electron chi connectivity index (χ3n) is 4.75. The van der Waals surface area contributed by atoms with Gasteiger partial charge in [-0.25, -0.2) is 13.1 Å². The Morgan fingerprint density at radius 2 is 1.55 bits per heavy atom. The van der Waals surface area contributed by atoms with E-state index in [1.165, 1.54) is 18.0 Å². The zero-order chi connectivity index (χ0) is 21.8. The van der Waals surface area contributed by atoms with Crippen LogP contribution in [0.3, 0.4) is 0 Å². The summed E-state index contributed by atoms with van der Waals surface area (Å²) in [4.78, 5) is 25.9. The smallest absolute Gasteiger partial charge is 0.243 e. The summed E-state index contributed by atoms with van der Waals surface area (Å²) in [6.45, 7) is 6.88. The first-order valence-electron chi connectivity index (χ1n) is 9.18. The fourth-order valence-electron chi connectivity index (χ4n) is 2.75. The molecule has 0 aliphatic rings. The van der Waals surface area contributed by atoms with Gasteiger partial charge in [-0.15, -0.1) is 0 Å². The van der Waals surface area contributed by atoms with Crippen molar-refractivity contribution in [3.8, 4) is 0 Å². The van der Waals surface area contributed by atoms with Crippen LogP contribution in [0.5, 0.6) is 0 Å². The van der Waals surface area contributed by atoms with Gasteiger partial charge in [0.15, 0.2) is 0 Å². The molecule has 0 atom stereocenters. The number of hydrogen-bond acceptors (Lipinski definition) is 4. The molecule has 0 unspecified atom stereocenters. The van der Waals surface area contributed by atoms with Gasteiger partial charge in [0.05, 0.1) is 18.0 Å². The lowest BCUT2D eigenvalue weighted by atomic mass is 10.1. The van der Waals surface area contributed by atoms with Crippen LogP contribution in [0.15, 0.2) is 41.3 Å². The first-order chi connectivity index (χ1) is 13.5. The topological polar surface area (TPSA) is 95.6 Å². The van der Waals surface area contributed by atoms with Gasteiger partial charge >= 0.3 is 0 Å². The summed E-state index contributed by atoms with van der Waals surface area (Å²) in [5.74, 6) is -0.857. The molecule has 0 saturated heterocycles. The Morgan fingerprint density at radius 3 is 2.14 bits per heavy atom. The summed E-state index contributed by atoms with van der Waals surface area (Å²) in [6, 6.07) is 10.5. The van der Waals surface area contributed by atoms with Gasteiger partial charge < -0.3 is 10.2 Å². The second-order valence-electron chi connectivity index (χ2n) is 7.14. The Kier molecular flexibility index (Phi) is 7.16. The van der Waals surface area contributed by atoms with Crippen molar-refractivity contribution >= 4 is 27.5 Å². The Labute approximate surface area is 172 Å². The minimum Gasteiger partial charge on any atom is -0.335 e. The highest BCUT2D eigenvalue weighted by Crippen LogP contribution is 2.19. The number of likely N-dealkylation sites (N-methyl/N-ethyl adjacent to an activating group) is 1. The fourth-order valence-corrected chi connectivity index (χ4v) is 3.81. The number of carbonyl (C=O) groups excluding carboxylic acids is 2. The molecule has 8 heteroatoms. The molecule has 156 valence electrons. The molecule has 2 rings (SSSR count). The van der Waals surface area contributed by atoms with Gasteiger partial charge in [-0.3, -0.25) is 9.59 Å². The first kappa shape index (κ1) is 22.6. The number of aryl methyl sites for hydroxylation is 4. The predicted octanol–water partition coefficient (Wildman–Crippen LogP) is 2.30. The van der Waals surface area contributed by atoms with Crippen LogP contribution in [0.25, 0.3) is 0 Å². The number of nitrogens with zero attached hydrogens (tertiary/aromatic N) is 1. The van der Waals surface area contributed by atoms with Crippen LogP contribution in [0.2, 0.25) is 0 Å². The second-order valence-corrected chi connectivity index (χ2v) is 8.90. The van der Waals surface area contributed by atoms with Crippen LogP contribution >= 0.6 is 0 Å². The molecule has 29 heavy (non-hydrogen) atoms. The van der Waals surface area contributed by atoms with Crippen LogP contribution in [0, 0.1) is 27.7 Å². The Balaban J connectivity index is 1.94. The molecule has 0 aliphatic carbocycles. The van der Waals surface area contributed by atoms with E-state index in [-0.39, 0.29) is 17.3 Å². The first-order valence-corrected chi connectivity index (χ1v) is 10.7. The van der Waals surface area contributed by atoms with Crippen molar-refractivity contribution in [2.45, 2.75) is 32.6 Å². The van der Waals surface area contributed by atoms with Crippen molar-refractivity contribution in [1.82, 2.24) is 9.62 Å². The number of hydrogen-bond donors (Lipinski definition) is 2. The molecule has 2 N–H and O–H groups in total. The Hall–Kier alpha value is -2.71. The molecular weight excluding hydrogens is 390 g/mol. The minimum absolute atomic E-state index is 0.101. The van der Waals surface area contributed by atoms with Gasteiger partial charge in [0.2, 0.25) is 21.8 Å². The van der Waals surface area contributed by atoms with E-state index in [1.54, 1.807) is 12.1 Å². The largest absolute Gasteiger partial charge is 0.335 e. The summed E-state index contributed by atoms with van der Waals surface area (Å²) in [6.07, 6.45) is 0. The quantitative estimate of drug-likeness (QED) is 0.723. The van der Waals surface area contributed by atoms with Crippen LogP contribution in [-0.4, -0.2) is 45.3 Å².